The standard InChI is InChI=1S/C16H23N3O4/c1-3-17-16(21)18-13-4-5-14-12(10-13)11-19(7-9-23-14)15(20)6-8-22-2/h4-5,10H,3,6-9,11H2,1-2H3,(H2,17,18,21). The summed E-state index contributed by atoms with van der Waals surface area (Å²) in [5.41, 5.74) is 1.55. The molecule has 0 atom stereocenters. The molecule has 2 N–H and O–H groups in total. The van der Waals surface area contributed by atoms with E-state index < -0.39 is 0 Å². The van der Waals surface area contributed by atoms with E-state index in [1.54, 1.807) is 18.1 Å². The van der Waals surface area contributed by atoms with Gasteiger partial charge in [0.2, 0.25) is 5.91 Å². The van der Waals surface area contributed by atoms with Crippen LogP contribution in [0, 0.1) is 0 Å². The Morgan fingerprint density at radius 2 is 2.22 bits per heavy atom. The maximum atomic E-state index is 12.2. The summed E-state index contributed by atoms with van der Waals surface area (Å²) in [5, 5.41) is 5.44. The fourth-order valence-electron chi connectivity index (χ4n) is 2.37. The third kappa shape index (κ3) is 4.85. The first kappa shape index (κ1) is 17.1. The first-order valence-corrected chi connectivity index (χ1v) is 7.71. The molecule has 0 unspecified atom stereocenters. The van der Waals surface area contributed by atoms with Gasteiger partial charge in [-0.15, -0.1) is 0 Å². The van der Waals surface area contributed by atoms with Crippen LogP contribution in [0.25, 0.3) is 0 Å². The number of urea groups is 1. The van der Waals surface area contributed by atoms with Crippen LogP contribution >= 0.6 is 0 Å². The van der Waals surface area contributed by atoms with Gasteiger partial charge in [0.1, 0.15) is 12.4 Å². The lowest BCUT2D eigenvalue weighted by atomic mass is 10.1. The highest BCUT2D eigenvalue weighted by Gasteiger charge is 2.20. The van der Waals surface area contributed by atoms with Gasteiger partial charge >= 0.3 is 6.03 Å². The molecule has 0 fully saturated rings. The highest BCUT2D eigenvalue weighted by molar-refractivity contribution is 5.89. The van der Waals surface area contributed by atoms with E-state index in [0.29, 0.717) is 45.0 Å². The lowest BCUT2D eigenvalue weighted by molar-refractivity contribution is -0.132. The number of hydrogen-bond acceptors (Lipinski definition) is 4. The second-order valence-corrected chi connectivity index (χ2v) is 5.21. The number of rotatable bonds is 5. The van der Waals surface area contributed by atoms with Crippen LogP contribution in [0.2, 0.25) is 0 Å². The van der Waals surface area contributed by atoms with Crippen molar-refractivity contribution in [3.05, 3.63) is 23.8 Å². The molecule has 0 spiro atoms. The second kappa shape index (κ2) is 8.38. The molecular formula is C16H23N3O4. The number of carbonyl (C=O) groups excluding carboxylic acids is 2. The summed E-state index contributed by atoms with van der Waals surface area (Å²) in [6.07, 6.45) is 0.350. The molecule has 0 aliphatic carbocycles. The summed E-state index contributed by atoms with van der Waals surface area (Å²) in [6, 6.07) is 5.19. The van der Waals surface area contributed by atoms with Gasteiger partial charge < -0.3 is 25.0 Å². The van der Waals surface area contributed by atoms with Crippen molar-refractivity contribution in [2.45, 2.75) is 19.9 Å². The van der Waals surface area contributed by atoms with Crippen LogP contribution in [0.15, 0.2) is 18.2 Å². The third-order valence-electron chi connectivity index (χ3n) is 3.51. The van der Waals surface area contributed by atoms with Crippen molar-refractivity contribution in [1.29, 1.82) is 0 Å². The molecule has 1 aliphatic heterocycles. The van der Waals surface area contributed by atoms with Crippen molar-refractivity contribution in [3.8, 4) is 5.75 Å². The van der Waals surface area contributed by atoms with E-state index in [1.807, 2.05) is 19.1 Å². The Kier molecular flexibility index (Phi) is 6.22. The predicted molar refractivity (Wildman–Crippen MR) is 86.5 cm³/mol. The topological polar surface area (TPSA) is 79.9 Å². The van der Waals surface area contributed by atoms with Gasteiger partial charge in [-0.1, -0.05) is 0 Å². The first-order chi connectivity index (χ1) is 11.1. The summed E-state index contributed by atoms with van der Waals surface area (Å²) in [7, 11) is 1.58. The van der Waals surface area contributed by atoms with Crippen molar-refractivity contribution in [2.24, 2.45) is 0 Å². The minimum absolute atomic E-state index is 0.0328. The van der Waals surface area contributed by atoms with Crippen molar-refractivity contribution < 1.29 is 19.1 Å². The lowest BCUT2D eigenvalue weighted by Gasteiger charge is -2.19. The number of carbonyl (C=O) groups is 2. The van der Waals surface area contributed by atoms with E-state index in [1.165, 1.54) is 0 Å². The lowest BCUT2D eigenvalue weighted by Crippen LogP contribution is -2.33. The molecule has 2 rings (SSSR count). The Labute approximate surface area is 135 Å². The SMILES string of the molecule is CCNC(=O)Nc1ccc2c(c1)CN(C(=O)CCOC)CCO2. The molecule has 7 nitrogen and oxygen atoms in total. The van der Waals surface area contributed by atoms with E-state index >= 15 is 0 Å². The number of nitrogens with one attached hydrogen (secondary N) is 2. The summed E-state index contributed by atoms with van der Waals surface area (Å²) in [4.78, 5) is 25.5. The number of fused-ring (bicyclic) bond motifs is 1. The molecule has 1 aromatic carbocycles. The van der Waals surface area contributed by atoms with E-state index in [2.05, 4.69) is 10.6 Å². The molecule has 126 valence electrons. The van der Waals surface area contributed by atoms with Gasteiger partial charge in [0.05, 0.1) is 19.6 Å². The van der Waals surface area contributed by atoms with Crippen molar-refractivity contribution in [1.82, 2.24) is 10.2 Å². The van der Waals surface area contributed by atoms with Gasteiger partial charge in [-0.25, -0.2) is 4.79 Å². The zero-order chi connectivity index (χ0) is 16.7. The van der Waals surface area contributed by atoms with Gasteiger partial charge in [-0.3, -0.25) is 4.79 Å². The molecule has 7 heteroatoms. The first-order valence-electron chi connectivity index (χ1n) is 7.71. The van der Waals surface area contributed by atoms with Gasteiger partial charge in [-0.2, -0.15) is 0 Å². The fourth-order valence-corrected chi connectivity index (χ4v) is 2.37. The van der Waals surface area contributed by atoms with Gasteiger partial charge in [0.25, 0.3) is 0 Å². The van der Waals surface area contributed by atoms with Gasteiger partial charge in [0, 0.05) is 31.5 Å². The van der Waals surface area contributed by atoms with E-state index in [9.17, 15) is 9.59 Å². The number of ether oxygens (including phenoxy) is 2. The Morgan fingerprint density at radius 3 is 2.96 bits per heavy atom. The second-order valence-electron chi connectivity index (χ2n) is 5.21. The Hall–Kier alpha value is -2.28. The molecule has 1 aliphatic rings. The molecule has 0 saturated carbocycles. The maximum Gasteiger partial charge on any atom is 0.319 e. The predicted octanol–water partition coefficient (Wildman–Crippen LogP) is 1.59. The number of benzene rings is 1. The molecule has 3 amide bonds. The number of anilines is 1. The molecule has 0 bridgehead atoms. The maximum absolute atomic E-state index is 12.2. The Bertz CT molecular complexity index is 562. The summed E-state index contributed by atoms with van der Waals surface area (Å²) in [5.74, 6) is 0.777. The van der Waals surface area contributed by atoms with Crippen molar-refractivity contribution in [3.63, 3.8) is 0 Å². The average Bonchev–Trinajstić information content (AvgIpc) is 2.74. The van der Waals surface area contributed by atoms with Crippen molar-refractivity contribution >= 4 is 17.6 Å². The number of hydrogen-bond donors (Lipinski definition) is 2. The normalized spacial score (nSPS) is 13.6. The molecule has 0 aromatic heterocycles. The van der Waals surface area contributed by atoms with Crippen molar-refractivity contribution in [2.75, 3.05) is 38.7 Å². The van der Waals surface area contributed by atoms with Crippen LogP contribution in [-0.4, -0.2) is 50.3 Å². The molecule has 1 aromatic rings. The molecule has 1 heterocycles. The van der Waals surface area contributed by atoms with Crippen LogP contribution in [-0.2, 0) is 16.1 Å². The van der Waals surface area contributed by atoms with E-state index in [4.69, 9.17) is 9.47 Å². The van der Waals surface area contributed by atoms with E-state index in [-0.39, 0.29) is 11.9 Å². The molecule has 0 saturated heterocycles. The summed E-state index contributed by atoms with van der Waals surface area (Å²) >= 11 is 0. The molecular weight excluding hydrogens is 298 g/mol. The quantitative estimate of drug-likeness (QED) is 0.863. The largest absolute Gasteiger partial charge is 0.491 e. The smallest absolute Gasteiger partial charge is 0.319 e. The number of nitrogens with zero attached hydrogens (tertiary/aromatic N) is 1. The Balaban J connectivity index is 2.09. The molecule has 23 heavy (non-hydrogen) atoms. The van der Waals surface area contributed by atoms with Gasteiger partial charge in [-0.05, 0) is 25.1 Å². The third-order valence-corrected chi connectivity index (χ3v) is 3.51. The molecule has 0 radical (unpaired) electrons. The van der Waals surface area contributed by atoms with Crippen LogP contribution in [0.4, 0.5) is 10.5 Å². The average molecular weight is 321 g/mol. The zero-order valence-electron chi connectivity index (χ0n) is 13.6. The van der Waals surface area contributed by atoms with Gasteiger partial charge in [0.15, 0.2) is 0 Å². The number of amides is 3. The highest BCUT2D eigenvalue weighted by atomic mass is 16.5. The minimum Gasteiger partial charge on any atom is -0.491 e. The summed E-state index contributed by atoms with van der Waals surface area (Å²) < 4.78 is 10.6. The van der Waals surface area contributed by atoms with E-state index in [0.717, 1.165) is 11.3 Å². The monoisotopic (exact) mass is 321 g/mol. The number of methoxy groups -OCH3 is 1. The zero-order valence-corrected chi connectivity index (χ0v) is 13.6. The highest BCUT2D eigenvalue weighted by Crippen LogP contribution is 2.26. The van der Waals surface area contributed by atoms with Crippen LogP contribution < -0.4 is 15.4 Å². The van der Waals surface area contributed by atoms with Crippen LogP contribution in [0.5, 0.6) is 5.75 Å². The summed E-state index contributed by atoms with van der Waals surface area (Å²) in [6.45, 7) is 4.27. The van der Waals surface area contributed by atoms with Crippen LogP contribution in [0.3, 0.4) is 0 Å². The van der Waals surface area contributed by atoms with Crippen LogP contribution in [0.1, 0.15) is 18.9 Å². The fraction of sp³-hybridized carbons (Fsp3) is 0.500. The Morgan fingerprint density at radius 1 is 1.39 bits per heavy atom. The minimum atomic E-state index is -0.255.